The number of nitrogens with two attached hydrogens (primary N) is 1. The minimum absolute atomic E-state index is 0.0146. The number of hydrogen-bond acceptors (Lipinski definition) is 4. The van der Waals surface area contributed by atoms with Crippen molar-refractivity contribution in [3.63, 3.8) is 0 Å². The van der Waals surface area contributed by atoms with Crippen molar-refractivity contribution < 1.29 is 9.90 Å². The quantitative estimate of drug-likeness (QED) is 0.687. The maximum Gasteiger partial charge on any atom is 0.308 e. The predicted molar refractivity (Wildman–Crippen MR) is 42.6 cm³/mol. The first-order valence-corrected chi connectivity index (χ1v) is 3.85. The highest BCUT2D eigenvalue weighted by molar-refractivity contribution is 7.15. The van der Waals surface area contributed by atoms with Crippen molar-refractivity contribution in [2.75, 3.05) is 5.73 Å². The number of aliphatic carboxylic acids is 1. The number of hydrogen-bond donors (Lipinski definition) is 2. The van der Waals surface area contributed by atoms with Crippen LogP contribution < -0.4 is 5.73 Å². The van der Waals surface area contributed by atoms with Gasteiger partial charge in [0.05, 0.1) is 12.1 Å². The first kappa shape index (κ1) is 8.00. The summed E-state index contributed by atoms with van der Waals surface area (Å²) in [5.41, 5.74) is 6.09. The molecule has 4 nitrogen and oxygen atoms in total. The van der Waals surface area contributed by atoms with Crippen LogP contribution >= 0.6 is 11.3 Å². The second-order valence-electron chi connectivity index (χ2n) is 2.13. The van der Waals surface area contributed by atoms with Gasteiger partial charge in [0.2, 0.25) is 0 Å². The molecule has 1 rings (SSSR count). The molecule has 0 unspecified atom stereocenters. The van der Waals surface area contributed by atoms with Gasteiger partial charge in [-0.15, -0.1) is 11.3 Å². The van der Waals surface area contributed by atoms with Gasteiger partial charge in [0, 0.05) is 4.88 Å². The molecule has 0 atom stereocenters. The van der Waals surface area contributed by atoms with Gasteiger partial charge in [-0.1, -0.05) is 0 Å². The Balaban J connectivity index is 2.85. The molecule has 0 fully saturated rings. The van der Waals surface area contributed by atoms with Crippen molar-refractivity contribution in [3.05, 3.63) is 10.6 Å². The number of anilines is 1. The zero-order valence-corrected chi connectivity index (χ0v) is 6.81. The number of carboxylic acid groups (broad SMARTS) is 1. The highest BCUT2D eigenvalue weighted by Gasteiger charge is 2.08. The lowest BCUT2D eigenvalue weighted by atomic mass is 10.3. The van der Waals surface area contributed by atoms with Crippen molar-refractivity contribution in [2.45, 2.75) is 13.3 Å². The Morgan fingerprint density at radius 1 is 1.82 bits per heavy atom. The zero-order valence-electron chi connectivity index (χ0n) is 6.00. The molecule has 0 amide bonds. The Morgan fingerprint density at radius 2 is 2.45 bits per heavy atom. The Labute approximate surface area is 67.7 Å². The fourth-order valence-corrected chi connectivity index (χ4v) is 1.58. The fraction of sp³-hybridized carbons (Fsp3) is 0.333. The zero-order chi connectivity index (χ0) is 8.43. The van der Waals surface area contributed by atoms with Crippen LogP contribution in [0.25, 0.3) is 0 Å². The van der Waals surface area contributed by atoms with E-state index in [1.54, 1.807) is 6.92 Å². The van der Waals surface area contributed by atoms with Crippen LogP contribution in [0.5, 0.6) is 0 Å². The highest BCUT2D eigenvalue weighted by atomic mass is 32.1. The SMILES string of the molecule is Cc1nc(N)sc1CC(=O)O. The third kappa shape index (κ3) is 1.91. The minimum atomic E-state index is -0.850. The summed E-state index contributed by atoms with van der Waals surface area (Å²) in [4.78, 5) is 14.9. The lowest BCUT2D eigenvalue weighted by molar-refractivity contribution is -0.136. The van der Waals surface area contributed by atoms with Gasteiger partial charge in [-0.2, -0.15) is 0 Å². The molecule has 0 aromatic carbocycles. The summed E-state index contributed by atoms with van der Waals surface area (Å²) in [5.74, 6) is -0.850. The Bertz CT molecular complexity index is 282. The lowest BCUT2D eigenvalue weighted by Crippen LogP contribution is -1.99. The average Bonchev–Trinajstić information content (AvgIpc) is 2.09. The number of aromatic nitrogens is 1. The number of carboxylic acids is 1. The Kier molecular flexibility index (Phi) is 2.09. The summed E-state index contributed by atoms with van der Waals surface area (Å²) < 4.78 is 0. The van der Waals surface area contributed by atoms with Crippen LogP contribution in [0.4, 0.5) is 5.13 Å². The van der Waals surface area contributed by atoms with E-state index in [1.165, 1.54) is 11.3 Å². The number of rotatable bonds is 2. The summed E-state index contributed by atoms with van der Waals surface area (Å²) >= 11 is 1.23. The van der Waals surface area contributed by atoms with Gasteiger partial charge in [0.15, 0.2) is 5.13 Å². The van der Waals surface area contributed by atoms with E-state index >= 15 is 0 Å². The normalized spacial score (nSPS) is 9.91. The van der Waals surface area contributed by atoms with E-state index in [-0.39, 0.29) is 6.42 Å². The molecule has 11 heavy (non-hydrogen) atoms. The van der Waals surface area contributed by atoms with Gasteiger partial charge >= 0.3 is 5.97 Å². The molecule has 0 saturated carbocycles. The average molecular weight is 172 g/mol. The molecule has 1 aromatic heterocycles. The summed E-state index contributed by atoms with van der Waals surface area (Å²) in [7, 11) is 0. The number of carbonyl (C=O) groups is 1. The van der Waals surface area contributed by atoms with Gasteiger partial charge in [0.25, 0.3) is 0 Å². The predicted octanol–water partition coefficient (Wildman–Crippen LogP) is 0.661. The first-order chi connectivity index (χ1) is 5.09. The number of nitrogens with zero attached hydrogens (tertiary/aromatic N) is 1. The summed E-state index contributed by atoms with van der Waals surface area (Å²) in [6.07, 6.45) is 0.0146. The molecular weight excluding hydrogens is 164 g/mol. The molecule has 60 valence electrons. The largest absolute Gasteiger partial charge is 0.481 e. The van der Waals surface area contributed by atoms with Crippen molar-refractivity contribution in [1.82, 2.24) is 4.98 Å². The van der Waals surface area contributed by atoms with E-state index in [9.17, 15) is 4.79 Å². The lowest BCUT2D eigenvalue weighted by Gasteiger charge is -1.89. The monoisotopic (exact) mass is 172 g/mol. The van der Waals surface area contributed by atoms with Gasteiger partial charge in [-0.25, -0.2) is 4.98 Å². The molecule has 0 aliphatic carbocycles. The van der Waals surface area contributed by atoms with Crippen LogP contribution in [0.1, 0.15) is 10.6 Å². The van der Waals surface area contributed by atoms with Crippen molar-refractivity contribution in [3.8, 4) is 0 Å². The van der Waals surface area contributed by atoms with Crippen LogP contribution in [0, 0.1) is 6.92 Å². The molecule has 0 aliphatic heterocycles. The van der Waals surface area contributed by atoms with Gasteiger partial charge in [-0.3, -0.25) is 4.79 Å². The molecular formula is C6H8N2O2S. The molecule has 1 heterocycles. The number of aryl methyl sites for hydroxylation is 1. The number of nitrogen functional groups attached to an aromatic ring is 1. The van der Waals surface area contributed by atoms with E-state index in [1.807, 2.05) is 0 Å². The van der Waals surface area contributed by atoms with E-state index < -0.39 is 5.97 Å². The van der Waals surface area contributed by atoms with Crippen molar-refractivity contribution in [1.29, 1.82) is 0 Å². The molecule has 0 spiro atoms. The molecule has 0 saturated heterocycles. The van der Waals surface area contributed by atoms with Gasteiger partial charge < -0.3 is 10.8 Å². The third-order valence-electron chi connectivity index (χ3n) is 1.22. The van der Waals surface area contributed by atoms with Crippen LogP contribution in [0.15, 0.2) is 0 Å². The summed E-state index contributed by atoms with van der Waals surface area (Å²) in [5, 5.41) is 8.87. The standard InChI is InChI=1S/C6H8N2O2S/c1-3-4(2-5(9)10)11-6(7)8-3/h2H2,1H3,(H2,7,8)(H,9,10). The Hall–Kier alpha value is -1.10. The van der Waals surface area contributed by atoms with E-state index in [0.29, 0.717) is 5.13 Å². The molecule has 0 radical (unpaired) electrons. The molecule has 1 aromatic rings. The maximum atomic E-state index is 10.3. The summed E-state index contributed by atoms with van der Waals surface area (Å²) in [6.45, 7) is 1.76. The van der Waals surface area contributed by atoms with Crippen LogP contribution in [-0.2, 0) is 11.2 Å². The second kappa shape index (κ2) is 2.87. The fourth-order valence-electron chi connectivity index (χ4n) is 0.752. The molecule has 0 aliphatic rings. The highest BCUT2D eigenvalue weighted by Crippen LogP contribution is 2.19. The van der Waals surface area contributed by atoms with Gasteiger partial charge in [-0.05, 0) is 6.92 Å². The first-order valence-electron chi connectivity index (χ1n) is 3.03. The van der Waals surface area contributed by atoms with Crippen LogP contribution in [0.3, 0.4) is 0 Å². The van der Waals surface area contributed by atoms with Crippen LogP contribution in [-0.4, -0.2) is 16.1 Å². The van der Waals surface area contributed by atoms with E-state index in [0.717, 1.165) is 10.6 Å². The van der Waals surface area contributed by atoms with Crippen molar-refractivity contribution >= 4 is 22.4 Å². The molecule has 5 heteroatoms. The minimum Gasteiger partial charge on any atom is -0.481 e. The Morgan fingerprint density at radius 3 is 2.82 bits per heavy atom. The van der Waals surface area contributed by atoms with E-state index in [4.69, 9.17) is 10.8 Å². The molecule has 0 bridgehead atoms. The number of thiazole rings is 1. The second-order valence-corrected chi connectivity index (χ2v) is 3.25. The van der Waals surface area contributed by atoms with Gasteiger partial charge in [0.1, 0.15) is 0 Å². The van der Waals surface area contributed by atoms with E-state index in [2.05, 4.69) is 4.98 Å². The topological polar surface area (TPSA) is 76.2 Å². The maximum absolute atomic E-state index is 10.3. The third-order valence-corrected chi connectivity index (χ3v) is 2.21. The van der Waals surface area contributed by atoms with Crippen LogP contribution in [0.2, 0.25) is 0 Å². The summed E-state index contributed by atoms with van der Waals surface area (Å²) in [6, 6.07) is 0. The van der Waals surface area contributed by atoms with Crippen molar-refractivity contribution in [2.24, 2.45) is 0 Å². The molecule has 3 N–H and O–H groups in total. The smallest absolute Gasteiger partial charge is 0.308 e.